The molecule has 132 valence electrons. The zero-order valence-electron chi connectivity index (χ0n) is 14.0. The van der Waals surface area contributed by atoms with E-state index in [1.807, 2.05) is 37.3 Å². The lowest BCUT2D eigenvalue weighted by atomic mass is 10.0. The van der Waals surface area contributed by atoms with Gasteiger partial charge in [-0.05, 0) is 11.5 Å². The normalized spacial score (nSPS) is 11.4. The number of carbonyl (C=O) groups is 2. The third kappa shape index (κ3) is 6.04. The van der Waals surface area contributed by atoms with Gasteiger partial charge in [-0.3, -0.25) is 4.79 Å². The number of hydrogen-bond acceptors (Lipinski definition) is 6. The number of hydrogen-bond donors (Lipinski definition) is 2. The lowest BCUT2D eigenvalue weighted by Crippen LogP contribution is -2.31. The van der Waals surface area contributed by atoms with Crippen LogP contribution in [0.25, 0.3) is 0 Å². The van der Waals surface area contributed by atoms with Crippen LogP contribution in [0.15, 0.2) is 48.4 Å². The molecule has 7 heteroatoms. The average molecular weight is 359 g/mol. The van der Waals surface area contributed by atoms with Crippen molar-refractivity contribution in [3.8, 4) is 0 Å². The van der Waals surface area contributed by atoms with Crippen LogP contribution < -0.4 is 10.6 Å². The molecule has 0 bridgehead atoms. The fourth-order valence-corrected chi connectivity index (χ4v) is 2.72. The van der Waals surface area contributed by atoms with Crippen molar-refractivity contribution in [2.45, 2.75) is 12.8 Å². The van der Waals surface area contributed by atoms with Crippen molar-refractivity contribution in [3.05, 3.63) is 59.6 Å². The first kappa shape index (κ1) is 18.7. The quantitative estimate of drug-likeness (QED) is 0.532. The number of nitrogens with zero attached hydrogens (tertiary/aromatic N) is 1. The van der Waals surface area contributed by atoms with E-state index in [2.05, 4.69) is 22.2 Å². The van der Waals surface area contributed by atoms with Gasteiger partial charge in [-0.1, -0.05) is 43.3 Å². The topological polar surface area (TPSA) is 80.3 Å². The molecule has 0 fully saturated rings. The molecular weight excluding hydrogens is 338 g/mol. The molecule has 0 saturated carbocycles. The van der Waals surface area contributed by atoms with Gasteiger partial charge in [0.15, 0.2) is 17.4 Å². The first-order valence-electron chi connectivity index (χ1n) is 7.89. The first-order valence-corrected chi connectivity index (χ1v) is 8.77. The molecule has 25 heavy (non-hydrogen) atoms. The summed E-state index contributed by atoms with van der Waals surface area (Å²) in [5, 5.41) is 7.94. The monoisotopic (exact) mass is 359 g/mol. The van der Waals surface area contributed by atoms with Crippen LogP contribution in [-0.2, 0) is 9.53 Å². The first-order chi connectivity index (χ1) is 12.1. The minimum Gasteiger partial charge on any atom is -0.451 e. The van der Waals surface area contributed by atoms with Gasteiger partial charge in [0.2, 0.25) is 0 Å². The van der Waals surface area contributed by atoms with Crippen LogP contribution in [0.5, 0.6) is 0 Å². The van der Waals surface area contributed by atoms with Crippen LogP contribution in [0.3, 0.4) is 0 Å². The number of ether oxygens (including phenoxy) is 1. The second kappa shape index (κ2) is 9.58. The Morgan fingerprint density at radius 3 is 2.84 bits per heavy atom. The smallest absolute Gasteiger partial charge is 0.358 e. The largest absolute Gasteiger partial charge is 0.451 e. The molecular formula is C18H21N3O3S. The molecule has 1 aromatic heterocycles. The highest BCUT2D eigenvalue weighted by molar-refractivity contribution is 7.13. The molecule has 1 aromatic carbocycles. The predicted octanol–water partition coefficient (Wildman–Crippen LogP) is 2.82. The highest BCUT2D eigenvalue weighted by Crippen LogP contribution is 2.16. The summed E-state index contributed by atoms with van der Waals surface area (Å²) < 4.78 is 4.99. The zero-order chi connectivity index (χ0) is 18.1. The third-order valence-corrected chi connectivity index (χ3v) is 4.22. The molecule has 1 amide bonds. The van der Waals surface area contributed by atoms with Crippen LogP contribution in [0.4, 0.5) is 5.13 Å². The van der Waals surface area contributed by atoms with Crippen molar-refractivity contribution in [3.63, 3.8) is 0 Å². The third-order valence-electron chi connectivity index (χ3n) is 3.42. The van der Waals surface area contributed by atoms with E-state index in [1.165, 1.54) is 11.3 Å². The number of anilines is 1. The zero-order valence-corrected chi connectivity index (χ0v) is 14.8. The van der Waals surface area contributed by atoms with Crippen molar-refractivity contribution in [1.29, 1.82) is 0 Å². The summed E-state index contributed by atoms with van der Waals surface area (Å²) in [6, 6.07) is 9.89. The van der Waals surface area contributed by atoms with E-state index < -0.39 is 5.97 Å². The predicted molar refractivity (Wildman–Crippen MR) is 98.9 cm³/mol. The average Bonchev–Trinajstić information content (AvgIpc) is 3.12. The molecule has 0 saturated heterocycles. The molecule has 0 aliphatic heterocycles. The molecule has 0 aliphatic rings. The van der Waals surface area contributed by atoms with E-state index in [0.717, 1.165) is 5.56 Å². The van der Waals surface area contributed by atoms with Gasteiger partial charge >= 0.3 is 5.97 Å². The minimum atomic E-state index is -0.617. The van der Waals surface area contributed by atoms with Crippen molar-refractivity contribution < 1.29 is 14.3 Å². The Hall–Kier alpha value is -2.67. The summed E-state index contributed by atoms with van der Waals surface area (Å²) >= 11 is 1.29. The Bertz CT molecular complexity index is 715. The summed E-state index contributed by atoms with van der Waals surface area (Å²) in [5.41, 5.74) is 1.32. The van der Waals surface area contributed by atoms with Crippen molar-refractivity contribution in [2.75, 3.05) is 25.0 Å². The van der Waals surface area contributed by atoms with Gasteiger partial charge in [0.1, 0.15) is 0 Å². The molecule has 2 rings (SSSR count). The molecule has 0 aliphatic carbocycles. The maximum atomic E-state index is 11.9. The van der Waals surface area contributed by atoms with E-state index in [4.69, 9.17) is 4.74 Å². The molecule has 0 radical (unpaired) electrons. The van der Waals surface area contributed by atoms with Crippen molar-refractivity contribution >= 4 is 28.3 Å². The van der Waals surface area contributed by atoms with Gasteiger partial charge in [0.25, 0.3) is 5.91 Å². The number of rotatable bonds is 9. The molecule has 1 heterocycles. The van der Waals surface area contributed by atoms with Gasteiger partial charge in [0.05, 0.1) is 0 Å². The fourth-order valence-electron chi connectivity index (χ4n) is 2.03. The van der Waals surface area contributed by atoms with Crippen LogP contribution in [-0.4, -0.2) is 36.6 Å². The summed E-state index contributed by atoms with van der Waals surface area (Å²) in [5.74, 6) is -0.775. The van der Waals surface area contributed by atoms with Gasteiger partial charge in [-0.25, -0.2) is 9.78 Å². The number of aromatic nitrogens is 1. The summed E-state index contributed by atoms with van der Waals surface area (Å²) in [6.07, 6.45) is 1.69. The highest BCUT2D eigenvalue weighted by atomic mass is 32.1. The number of benzene rings is 1. The Balaban J connectivity index is 1.73. The van der Waals surface area contributed by atoms with Gasteiger partial charge in [-0.15, -0.1) is 17.9 Å². The van der Waals surface area contributed by atoms with E-state index in [0.29, 0.717) is 18.2 Å². The van der Waals surface area contributed by atoms with Gasteiger partial charge in [0, 0.05) is 18.5 Å². The van der Waals surface area contributed by atoms with E-state index >= 15 is 0 Å². The summed E-state index contributed by atoms with van der Waals surface area (Å²) in [4.78, 5) is 27.8. The van der Waals surface area contributed by atoms with E-state index in [-0.39, 0.29) is 24.1 Å². The molecule has 6 nitrogen and oxygen atoms in total. The van der Waals surface area contributed by atoms with Crippen LogP contribution in [0.2, 0.25) is 0 Å². The van der Waals surface area contributed by atoms with E-state index in [1.54, 1.807) is 11.5 Å². The number of thiazole rings is 1. The Morgan fingerprint density at radius 2 is 2.12 bits per heavy atom. The number of nitrogens with one attached hydrogen (secondary N) is 2. The Kier molecular flexibility index (Phi) is 7.16. The summed E-state index contributed by atoms with van der Waals surface area (Å²) in [6.45, 7) is 6.33. The molecule has 2 aromatic rings. The Morgan fingerprint density at radius 1 is 1.36 bits per heavy atom. The lowest BCUT2D eigenvalue weighted by Gasteiger charge is -2.13. The maximum absolute atomic E-state index is 11.9. The van der Waals surface area contributed by atoms with Crippen molar-refractivity contribution in [2.24, 2.45) is 0 Å². The molecule has 2 N–H and O–H groups in total. The minimum absolute atomic E-state index is 0.179. The fraction of sp³-hybridized carbons (Fsp3) is 0.278. The second-order valence-electron chi connectivity index (χ2n) is 5.40. The van der Waals surface area contributed by atoms with Crippen LogP contribution in [0, 0.1) is 0 Å². The molecule has 0 spiro atoms. The lowest BCUT2D eigenvalue weighted by molar-refractivity contribution is -0.124. The summed E-state index contributed by atoms with van der Waals surface area (Å²) in [7, 11) is 0. The van der Waals surface area contributed by atoms with Crippen LogP contribution in [0.1, 0.15) is 28.9 Å². The number of amides is 1. The number of esters is 1. The van der Waals surface area contributed by atoms with Gasteiger partial charge in [-0.2, -0.15) is 0 Å². The highest BCUT2D eigenvalue weighted by Gasteiger charge is 2.14. The molecule has 0 unspecified atom stereocenters. The van der Waals surface area contributed by atoms with Crippen LogP contribution >= 0.6 is 11.3 Å². The van der Waals surface area contributed by atoms with E-state index in [9.17, 15) is 9.59 Å². The van der Waals surface area contributed by atoms with Crippen molar-refractivity contribution in [1.82, 2.24) is 10.3 Å². The standard InChI is InChI=1S/C18H21N3O3S/c1-3-9-19-18-21-15(12-25-18)17(23)24-11-16(22)20-10-13(2)14-7-5-4-6-8-14/h3-8,12-13H,1,9-11H2,2H3,(H,19,21)(H,20,22)/t13-/m0/s1. The van der Waals surface area contributed by atoms with Gasteiger partial charge < -0.3 is 15.4 Å². The second-order valence-corrected chi connectivity index (χ2v) is 6.26. The number of carbonyl (C=O) groups excluding carboxylic acids is 2. The molecule has 1 atom stereocenters. The maximum Gasteiger partial charge on any atom is 0.358 e. The Labute approximate surface area is 150 Å². The SMILES string of the molecule is C=CCNc1nc(C(=O)OCC(=O)NC[C@H](C)c2ccccc2)cs1.